The van der Waals surface area contributed by atoms with Gasteiger partial charge in [-0.25, -0.2) is 12.7 Å². The van der Waals surface area contributed by atoms with Crippen molar-refractivity contribution in [2.24, 2.45) is 4.99 Å². The summed E-state index contributed by atoms with van der Waals surface area (Å²) in [5.74, 6) is 1.87. The molecule has 0 bridgehead atoms. The van der Waals surface area contributed by atoms with E-state index in [1.807, 2.05) is 12.1 Å². The molecule has 1 aromatic rings. The minimum Gasteiger partial charge on any atom is -0.497 e. The molecule has 1 aromatic carbocycles. The van der Waals surface area contributed by atoms with Crippen LogP contribution in [0, 0.1) is 0 Å². The lowest BCUT2D eigenvalue weighted by atomic mass is 10.2. The van der Waals surface area contributed by atoms with E-state index in [2.05, 4.69) is 32.2 Å². The third kappa shape index (κ3) is 7.49. The van der Waals surface area contributed by atoms with Crippen molar-refractivity contribution in [2.75, 3.05) is 71.1 Å². The highest BCUT2D eigenvalue weighted by Gasteiger charge is 2.20. The van der Waals surface area contributed by atoms with Gasteiger partial charge in [-0.3, -0.25) is 4.99 Å². The Morgan fingerprint density at radius 3 is 2.55 bits per heavy atom. The SMILES string of the molecule is CCS(=O)(=O)N(C)CCCNC(=NC)N1CCN(c2cccc(OC)c2)CC1.I. The summed E-state index contributed by atoms with van der Waals surface area (Å²) < 4.78 is 30.3. The Balaban J connectivity index is 0.00000420. The molecule has 1 saturated heterocycles. The van der Waals surface area contributed by atoms with E-state index in [0.717, 1.165) is 44.3 Å². The molecular formula is C19H34IN5O3S. The van der Waals surface area contributed by atoms with Crippen molar-refractivity contribution in [1.29, 1.82) is 0 Å². The summed E-state index contributed by atoms with van der Waals surface area (Å²) in [6.07, 6.45) is 0.735. The molecule has 2 rings (SSSR count). The highest BCUT2D eigenvalue weighted by atomic mass is 127. The van der Waals surface area contributed by atoms with Crippen molar-refractivity contribution in [3.05, 3.63) is 24.3 Å². The summed E-state index contributed by atoms with van der Waals surface area (Å²) >= 11 is 0. The average molecular weight is 539 g/mol. The summed E-state index contributed by atoms with van der Waals surface area (Å²) in [5, 5.41) is 3.35. The van der Waals surface area contributed by atoms with Crippen molar-refractivity contribution in [1.82, 2.24) is 14.5 Å². The first kappa shape index (κ1) is 25.8. The molecule has 1 N–H and O–H groups in total. The molecule has 1 heterocycles. The normalized spacial score (nSPS) is 15.3. The van der Waals surface area contributed by atoms with Gasteiger partial charge in [0, 0.05) is 65.1 Å². The van der Waals surface area contributed by atoms with E-state index in [1.165, 1.54) is 9.99 Å². The zero-order chi connectivity index (χ0) is 20.6. The van der Waals surface area contributed by atoms with E-state index in [4.69, 9.17) is 4.74 Å². The van der Waals surface area contributed by atoms with Crippen LogP contribution in [-0.4, -0.2) is 89.8 Å². The Morgan fingerprint density at radius 1 is 1.28 bits per heavy atom. The number of aliphatic imine (C=N–C) groups is 1. The van der Waals surface area contributed by atoms with Gasteiger partial charge in [-0.1, -0.05) is 6.07 Å². The Hall–Kier alpha value is -1.27. The van der Waals surface area contributed by atoms with Gasteiger partial charge in [0.25, 0.3) is 0 Å². The maximum absolute atomic E-state index is 11.8. The number of halogens is 1. The summed E-state index contributed by atoms with van der Waals surface area (Å²) in [6, 6.07) is 8.13. The summed E-state index contributed by atoms with van der Waals surface area (Å²) in [7, 11) is 1.98. The van der Waals surface area contributed by atoms with Crippen LogP contribution in [0.1, 0.15) is 13.3 Å². The second-order valence-electron chi connectivity index (χ2n) is 6.73. The molecule has 0 unspecified atom stereocenters. The quantitative estimate of drug-likeness (QED) is 0.235. The third-order valence-electron chi connectivity index (χ3n) is 4.98. The molecule has 8 nitrogen and oxygen atoms in total. The smallest absolute Gasteiger partial charge is 0.213 e. The van der Waals surface area contributed by atoms with Gasteiger partial charge < -0.3 is 19.9 Å². The highest BCUT2D eigenvalue weighted by molar-refractivity contribution is 14.0. The third-order valence-corrected chi connectivity index (χ3v) is 6.84. The van der Waals surface area contributed by atoms with Crippen LogP contribution in [-0.2, 0) is 10.0 Å². The Morgan fingerprint density at radius 2 is 1.97 bits per heavy atom. The zero-order valence-corrected chi connectivity index (χ0v) is 20.9. The Kier molecular flexibility index (Phi) is 11.0. The van der Waals surface area contributed by atoms with Gasteiger partial charge in [0.05, 0.1) is 12.9 Å². The van der Waals surface area contributed by atoms with Crippen LogP contribution in [0.4, 0.5) is 5.69 Å². The molecule has 1 aliphatic rings. The number of nitrogens with one attached hydrogen (secondary N) is 1. The van der Waals surface area contributed by atoms with Gasteiger partial charge in [-0.2, -0.15) is 0 Å². The molecule has 0 spiro atoms. The zero-order valence-electron chi connectivity index (χ0n) is 17.8. The molecule has 0 aromatic heterocycles. The number of hydrogen-bond acceptors (Lipinski definition) is 5. The average Bonchev–Trinajstić information content (AvgIpc) is 2.73. The Labute approximate surface area is 192 Å². The van der Waals surface area contributed by atoms with Crippen LogP contribution in [0.15, 0.2) is 29.3 Å². The lowest BCUT2D eigenvalue weighted by molar-refractivity contribution is 0.370. The molecule has 29 heavy (non-hydrogen) atoms. The van der Waals surface area contributed by atoms with Crippen LogP contribution < -0.4 is 15.0 Å². The predicted octanol–water partition coefficient (Wildman–Crippen LogP) is 1.68. The summed E-state index contributed by atoms with van der Waals surface area (Å²) in [4.78, 5) is 8.96. The van der Waals surface area contributed by atoms with Gasteiger partial charge >= 0.3 is 0 Å². The van der Waals surface area contributed by atoms with Gasteiger partial charge in [0.1, 0.15) is 5.75 Å². The number of rotatable bonds is 8. The van der Waals surface area contributed by atoms with Crippen molar-refractivity contribution in [3.8, 4) is 5.75 Å². The lowest BCUT2D eigenvalue weighted by Crippen LogP contribution is -2.52. The van der Waals surface area contributed by atoms with Crippen LogP contribution in [0.25, 0.3) is 0 Å². The molecule has 1 fully saturated rings. The molecule has 166 valence electrons. The predicted molar refractivity (Wildman–Crippen MR) is 130 cm³/mol. The van der Waals surface area contributed by atoms with Crippen molar-refractivity contribution < 1.29 is 13.2 Å². The minimum atomic E-state index is -3.11. The number of hydrogen-bond donors (Lipinski definition) is 1. The number of piperazine rings is 1. The van der Waals surface area contributed by atoms with E-state index in [0.29, 0.717) is 13.1 Å². The number of methoxy groups -OCH3 is 1. The standard InChI is InChI=1S/C19H33N5O3S.HI/c1-5-28(25,26)22(3)11-7-10-21-19(20-2)24-14-12-23(13-15-24)17-8-6-9-18(16-17)27-4;/h6,8-9,16H,5,7,10-15H2,1-4H3,(H,20,21);1H. The molecule has 0 aliphatic carbocycles. The maximum Gasteiger partial charge on any atom is 0.213 e. The van der Waals surface area contributed by atoms with Crippen molar-refractivity contribution >= 4 is 45.6 Å². The van der Waals surface area contributed by atoms with Crippen molar-refractivity contribution in [2.45, 2.75) is 13.3 Å². The van der Waals surface area contributed by atoms with Crippen molar-refractivity contribution in [3.63, 3.8) is 0 Å². The van der Waals surface area contributed by atoms with E-state index >= 15 is 0 Å². The monoisotopic (exact) mass is 539 g/mol. The van der Waals surface area contributed by atoms with Crippen LogP contribution in [0.5, 0.6) is 5.75 Å². The highest BCUT2D eigenvalue weighted by Crippen LogP contribution is 2.22. The van der Waals surface area contributed by atoms with E-state index in [9.17, 15) is 8.42 Å². The van der Waals surface area contributed by atoms with Crippen LogP contribution in [0.3, 0.4) is 0 Å². The van der Waals surface area contributed by atoms with Gasteiger partial charge in [0.15, 0.2) is 5.96 Å². The van der Waals surface area contributed by atoms with Gasteiger partial charge in [-0.15, -0.1) is 24.0 Å². The molecule has 0 radical (unpaired) electrons. The first-order chi connectivity index (χ1) is 13.4. The second kappa shape index (κ2) is 12.4. The first-order valence-corrected chi connectivity index (χ1v) is 11.3. The number of guanidine groups is 1. The van der Waals surface area contributed by atoms with E-state index < -0.39 is 10.0 Å². The fraction of sp³-hybridized carbons (Fsp3) is 0.632. The van der Waals surface area contributed by atoms with Crippen LogP contribution >= 0.6 is 24.0 Å². The topological polar surface area (TPSA) is 77.5 Å². The lowest BCUT2D eigenvalue weighted by Gasteiger charge is -2.37. The Bertz CT molecular complexity index is 752. The maximum atomic E-state index is 11.8. The largest absolute Gasteiger partial charge is 0.497 e. The fourth-order valence-corrected chi connectivity index (χ4v) is 4.03. The minimum absolute atomic E-state index is 0. The number of benzene rings is 1. The molecule has 0 saturated carbocycles. The second-order valence-corrected chi connectivity index (χ2v) is 9.09. The molecule has 10 heteroatoms. The molecule has 0 amide bonds. The molecule has 1 aliphatic heterocycles. The van der Waals surface area contributed by atoms with E-state index in [-0.39, 0.29) is 29.7 Å². The van der Waals surface area contributed by atoms with Gasteiger partial charge in [-0.05, 0) is 25.5 Å². The number of ether oxygens (including phenoxy) is 1. The molecular weight excluding hydrogens is 505 g/mol. The molecule has 0 atom stereocenters. The fourth-order valence-electron chi connectivity index (χ4n) is 3.18. The number of anilines is 1. The summed E-state index contributed by atoms with van der Waals surface area (Å²) in [6.45, 7) is 6.42. The van der Waals surface area contributed by atoms with E-state index in [1.54, 1.807) is 28.1 Å². The summed E-state index contributed by atoms with van der Waals surface area (Å²) in [5.41, 5.74) is 1.17. The van der Waals surface area contributed by atoms with Gasteiger partial charge in [0.2, 0.25) is 10.0 Å². The first-order valence-electron chi connectivity index (χ1n) is 9.70. The number of sulfonamides is 1. The van der Waals surface area contributed by atoms with Crippen LogP contribution in [0.2, 0.25) is 0 Å². The number of nitrogens with zero attached hydrogens (tertiary/aromatic N) is 4.